The van der Waals surface area contributed by atoms with Gasteiger partial charge >= 0.3 is 5.97 Å². The molecule has 0 aromatic heterocycles. The third-order valence-corrected chi connectivity index (χ3v) is 3.20. The van der Waals surface area contributed by atoms with Crippen molar-refractivity contribution in [3.8, 4) is 5.75 Å². The Hall–Kier alpha value is -1.59. The average Bonchev–Trinajstić information content (AvgIpc) is 2.41. The first kappa shape index (κ1) is 13.8. The Balaban J connectivity index is 1.93. The zero-order chi connectivity index (χ0) is 13.7. The lowest BCUT2D eigenvalue weighted by Crippen LogP contribution is -2.38. The molecule has 1 aromatic carbocycles. The van der Waals surface area contributed by atoms with Gasteiger partial charge in [0.2, 0.25) is 0 Å². The van der Waals surface area contributed by atoms with E-state index >= 15 is 0 Å². The number of hydrogen-bond donors (Lipinski definition) is 1. The van der Waals surface area contributed by atoms with Crippen molar-refractivity contribution in [1.82, 2.24) is 4.90 Å². The van der Waals surface area contributed by atoms with Gasteiger partial charge in [-0.3, -0.25) is 4.90 Å². The lowest BCUT2D eigenvalue weighted by atomic mass is 10.1. The summed E-state index contributed by atoms with van der Waals surface area (Å²) >= 11 is 0. The van der Waals surface area contributed by atoms with E-state index in [4.69, 9.17) is 14.6 Å². The van der Waals surface area contributed by atoms with Crippen molar-refractivity contribution in [2.75, 3.05) is 39.5 Å². The summed E-state index contributed by atoms with van der Waals surface area (Å²) in [7, 11) is 0. The minimum Gasteiger partial charge on any atom is -0.491 e. The quantitative estimate of drug-likeness (QED) is 0.872. The molecule has 0 spiro atoms. The second kappa shape index (κ2) is 6.54. The standard InChI is InChI=1S/C14H19NO4/c1-11-3-2-4-12(14(16)17)13(11)19-10-7-15-5-8-18-9-6-15/h2-4H,5-10H2,1H3,(H,16,17). The molecular formula is C14H19NO4. The maximum atomic E-state index is 11.1. The fourth-order valence-corrected chi connectivity index (χ4v) is 2.11. The van der Waals surface area contributed by atoms with Crippen LogP contribution < -0.4 is 4.74 Å². The van der Waals surface area contributed by atoms with Crippen LogP contribution in [0.4, 0.5) is 0 Å². The van der Waals surface area contributed by atoms with Gasteiger partial charge in [0.05, 0.1) is 13.2 Å². The van der Waals surface area contributed by atoms with Crippen LogP contribution in [0.1, 0.15) is 15.9 Å². The van der Waals surface area contributed by atoms with Crippen molar-refractivity contribution in [1.29, 1.82) is 0 Å². The average molecular weight is 265 g/mol. The highest BCUT2D eigenvalue weighted by atomic mass is 16.5. The Morgan fingerprint density at radius 1 is 1.42 bits per heavy atom. The Kier molecular flexibility index (Phi) is 4.76. The first-order valence-corrected chi connectivity index (χ1v) is 6.44. The van der Waals surface area contributed by atoms with Crippen LogP contribution in [-0.2, 0) is 4.74 Å². The number of para-hydroxylation sites is 1. The van der Waals surface area contributed by atoms with Crippen molar-refractivity contribution in [3.63, 3.8) is 0 Å². The van der Waals surface area contributed by atoms with Gasteiger partial charge in [0.25, 0.3) is 0 Å². The van der Waals surface area contributed by atoms with Gasteiger partial charge in [-0.15, -0.1) is 0 Å². The highest BCUT2D eigenvalue weighted by Crippen LogP contribution is 2.23. The zero-order valence-corrected chi connectivity index (χ0v) is 11.1. The lowest BCUT2D eigenvalue weighted by Gasteiger charge is -2.26. The molecule has 0 amide bonds. The molecule has 104 valence electrons. The van der Waals surface area contributed by atoms with Crippen LogP contribution >= 0.6 is 0 Å². The minimum atomic E-state index is -0.954. The molecule has 0 radical (unpaired) electrons. The summed E-state index contributed by atoms with van der Waals surface area (Å²) in [6.45, 7) is 6.46. The monoisotopic (exact) mass is 265 g/mol. The van der Waals surface area contributed by atoms with Gasteiger partial charge in [0.1, 0.15) is 17.9 Å². The van der Waals surface area contributed by atoms with Gasteiger partial charge in [0.15, 0.2) is 0 Å². The smallest absolute Gasteiger partial charge is 0.339 e. The first-order chi connectivity index (χ1) is 9.18. The fourth-order valence-electron chi connectivity index (χ4n) is 2.11. The van der Waals surface area contributed by atoms with Gasteiger partial charge in [-0.25, -0.2) is 4.79 Å². The maximum Gasteiger partial charge on any atom is 0.339 e. The normalized spacial score (nSPS) is 16.3. The molecule has 19 heavy (non-hydrogen) atoms. The molecule has 1 saturated heterocycles. The molecule has 1 heterocycles. The third kappa shape index (κ3) is 3.68. The summed E-state index contributed by atoms with van der Waals surface area (Å²) in [6.07, 6.45) is 0. The number of morpholine rings is 1. The summed E-state index contributed by atoms with van der Waals surface area (Å²) in [6, 6.07) is 5.16. The van der Waals surface area contributed by atoms with Gasteiger partial charge in [-0.1, -0.05) is 12.1 Å². The SMILES string of the molecule is Cc1cccc(C(=O)O)c1OCCN1CCOCC1. The number of nitrogens with zero attached hydrogens (tertiary/aromatic N) is 1. The maximum absolute atomic E-state index is 11.1. The van der Waals surface area contributed by atoms with Crippen LogP contribution in [0.15, 0.2) is 18.2 Å². The van der Waals surface area contributed by atoms with Crippen molar-refractivity contribution in [2.45, 2.75) is 6.92 Å². The van der Waals surface area contributed by atoms with Crippen LogP contribution in [-0.4, -0.2) is 55.4 Å². The van der Waals surface area contributed by atoms with Gasteiger partial charge in [-0.05, 0) is 18.6 Å². The molecule has 1 aromatic rings. The van der Waals surface area contributed by atoms with Crippen molar-refractivity contribution < 1.29 is 19.4 Å². The minimum absolute atomic E-state index is 0.224. The largest absolute Gasteiger partial charge is 0.491 e. The van der Waals surface area contributed by atoms with E-state index in [1.165, 1.54) is 0 Å². The molecule has 0 saturated carbocycles. The Labute approximate surface area is 112 Å². The van der Waals surface area contributed by atoms with Crippen molar-refractivity contribution >= 4 is 5.97 Å². The number of rotatable bonds is 5. The summed E-state index contributed by atoms with van der Waals surface area (Å²) in [4.78, 5) is 13.4. The highest BCUT2D eigenvalue weighted by Gasteiger charge is 2.14. The van der Waals surface area contributed by atoms with Crippen LogP contribution in [0.2, 0.25) is 0 Å². The summed E-state index contributed by atoms with van der Waals surface area (Å²) in [5.74, 6) is -0.478. The number of aryl methyl sites for hydroxylation is 1. The second-order valence-electron chi connectivity index (χ2n) is 4.56. The van der Waals surface area contributed by atoms with E-state index in [-0.39, 0.29) is 5.56 Å². The van der Waals surface area contributed by atoms with Crippen molar-refractivity contribution in [2.24, 2.45) is 0 Å². The number of benzene rings is 1. The topological polar surface area (TPSA) is 59.0 Å². The molecule has 1 fully saturated rings. The third-order valence-electron chi connectivity index (χ3n) is 3.20. The van der Waals surface area contributed by atoms with E-state index < -0.39 is 5.97 Å². The van der Waals surface area contributed by atoms with Crippen LogP contribution in [0.3, 0.4) is 0 Å². The molecule has 2 rings (SSSR count). The van der Waals surface area contributed by atoms with Gasteiger partial charge < -0.3 is 14.6 Å². The van der Waals surface area contributed by atoms with Crippen molar-refractivity contribution in [3.05, 3.63) is 29.3 Å². The molecule has 0 aliphatic carbocycles. The Bertz CT molecular complexity index is 441. The van der Waals surface area contributed by atoms with Crippen LogP contribution in [0.25, 0.3) is 0 Å². The predicted molar refractivity (Wildman–Crippen MR) is 70.9 cm³/mol. The molecule has 0 bridgehead atoms. The molecule has 5 nitrogen and oxygen atoms in total. The van der Waals surface area contributed by atoms with Crippen LogP contribution in [0, 0.1) is 6.92 Å². The molecule has 5 heteroatoms. The van der Waals surface area contributed by atoms with E-state index in [0.717, 1.165) is 38.4 Å². The van der Waals surface area contributed by atoms with E-state index in [2.05, 4.69) is 4.90 Å². The van der Waals surface area contributed by atoms with Gasteiger partial charge in [-0.2, -0.15) is 0 Å². The number of hydrogen-bond acceptors (Lipinski definition) is 4. The van der Waals surface area contributed by atoms with Gasteiger partial charge in [0, 0.05) is 19.6 Å². The predicted octanol–water partition coefficient (Wildman–Crippen LogP) is 1.40. The number of ether oxygens (including phenoxy) is 2. The summed E-state index contributed by atoms with van der Waals surface area (Å²) < 4.78 is 10.9. The number of aromatic carboxylic acids is 1. The number of carboxylic acids is 1. The molecular weight excluding hydrogens is 246 g/mol. The summed E-state index contributed by atoms with van der Waals surface area (Å²) in [5.41, 5.74) is 1.07. The van der Waals surface area contributed by atoms with E-state index in [9.17, 15) is 4.79 Å². The zero-order valence-electron chi connectivity index (χ0n) is 11.1. The lowest BCUT2D eigenvalue weighted by molar-refractivity contribution is 0.0321. The summed E-state index contributed by atoms with van der Waals surface area (Å²) in [5, 5.41) is 9.13. The molecule has 0 unspecified atom stereocenters. The van der Waals surface area contributed by atoms with E-state index in [0.29, 0.717) is 12.4 Å². The number of carboxylic acid groups (broad SMARTS) is 1. The first-order valence-electron chi connectivity index (χ1n) is 6.44. The fraction of sp³-hybridized carbons (Fsp3) is 0.500. The Morgan fingerprint density at radius 2 is 2.16 bits per heavy atom. The molecule has 0 atom stereocenters. The van der Waals surface area contributed by atoms with E-state index in [1.807, 2.05) is 13.0 Å². The number of carbonyl (C=O) groups is 1. The highest BCUT2D eigenvalue weighted by molar-refractivity contribution is 5.91. The Morgan fingerprint density at radius 3 is 2.84 bits per heavy atom. The van der Waals surface area contributed by atoms with E-state index in [1.54, 1.807) is 12.1 Å². The molecule has 1 N–H and O–H groups in total. The second-order valence-corrected chi connectivity index (χ2v) is 4.56. The molecule has 1 aliphatic rings. The van der Waals surface area contributed by atoms with Crippen LogP contribution in [0.5, 0.6) is 5.75 Å². The molecule has 1 aliphatic heterocycles.